The molecule has 40 heavy (non-hydrogen) atoms. The number of anilines is 2. The first-order chi connectivity index (χ1) is 18.5. The fourth-order valence-corrected chi connectivity index (χ4v) is 10.5. The average molecular weight is 577 g/mol. The van der Waals surface area contributed by atoms with Gasteiger partial charge in [0.1, 0.15) is 18.3 Å². The summed E-state index contributed by atoms with van der Waals surface area (Å²) >= 11 is 0. The molecule has 2 aromatic heterocycles. The first-order valence-corrected chi connectivity index (χ1v) is 15.7. The van der Waals surface area contributed by atoms with Crippen molar-refractivity contribution in [1.82, 2.24) is 19.5 Å². The van der Waals surface area contributed by atoms with Crippen molar-refractivity contribution in [3.8, 4) is 0 Å². The molecule has 2 aliphatic rings. The summed E-state index contributed by atoms with van der Waals surface area (Å²) in [7, 11) is -1.14. The molecule has 0 saturated carbocycles. The maximum absolute atomic E-state index is 12.6. The number of ether oxygens (including phenoxy) is 2. The Morgan fingerprint density at radius 1 is 1.02 bits per heavy atom. The van der Waals surface area contributed by atoms with E-state index in [0.717, 1.165) is 0 Å². The van der Waals surface area contributed by atoms with Crippen LogP contribution in [0.3, 0.4) is 0 Å². The van der Waals surface area contributed by atoms with E-state index in [1.54, 1.807) is 45.7 Å². The number of nitrogens with zero attached hydrogens (tertiary/aromatic N) is 4. The first-order valence-electron chi connectivity index (χ1n) is 13.9. The molecule has 0 bridgehead atoms. The molecule has 4 heterocycles. The molecule has 1 unspecified atom stereocenters. The Kier molecular flexibility index (Phi) is 8.20. The second-order valence-electron chi connectivity index (χ2n) is 13.3. The molecule has 12 nitrogen and oxygen atoms in total. The number of fused-ring (bicyclic) bond motifs is 2. The maximum atomic E-state index is 12.6. The van der Waals surface area contributed by atoms with Gasteiger partial charge in [-0.2, -0.15) is 9.97 Å². The van der Waals surface area contributed by atoms with Crippen LogP contribution in [0.25, 0.3) is 11.2 Å². The number of aromatic nitrogens is 4. The van der Waals surface area contributed by atoms with Gasteiger partial charge in [0.2, 0.25) is 17.8 Å². The zero-order valence-corrected chi connectivity index (χ0v) is 26.5. The summed E-state index contributed by atoms with van der Waals surface area (Å²) in [6.45, 7) is 20.5. The van der Waals surface area contributed by atoms with Crippen molar-refractivity contribution in [3.63, 3.8) is 0 Å². The molecule has 0 aromatic carbocycles. The second kappa shape index (κ2) is 10.7. The normalized spacial score (nSPS) is 24.9. The molecule has 2 saturated heterocycles. The standard InChI is InChI=1S/C27H44N6O6Si/c1-14(2)22(34)29-20-17-21(31-25(30-20)32-23(35)15(3)4)33(13-28-17)24-19(36-11)18-16(38-24)12-37-40(39-18,26(5,6)7)27(8,9)10/h13-16,18-19,24H,12H2,1-11H3,(H2,29,30,31,32,34,35)/t16-,18-,19-,24?/m1/s1. The van der Waals surface area contributed by atoms with Crippen molar-refractivity contribution < 1.29 is 27.9 Å². The predicted octanol–water partition coefficient (Wildman–Crippen LogP) is 4.39. The summed E-state index contributed by atoms with van der Waals surface area (Å²) < 4.78 is 27.8. The van der Waals surface area contributed by atoms with Crippen molar-refractivity contribution in [2.24, 2.45) is 11.8 Å². The van der Waals surface area contributed by atoms with Crippen molar-refractivity contribution in [2.75, 3.05) is 24.4 Å². The van der Waals surface area contributed by atoms with Gasteiger partial charge in [-0.05, 0) is 0 Å². The van der Waals surface area contributed by atoms with Gasteiger partial charge in [0, 0.05) is 29.0 Å². The number of carbonyl (C=O) groups is 2. The fraction of sp³-hybridized carbons (Fsp3) is 0.741. The van der Waals surface area contributed by atoms with Crippen LogP contribution in [0.2, 0.25) is 10.1 Å². The van der Waals surface area contributed by atoms with E-state index in [9.17, 15) is 9.59 Å². The number of methoxy groups -OCH3 is 1. The quantitative estimate of drug-likeness (QED) is 0.480. The van der Waals surface area contributed by atoms with Gasteiger partial charge in [-0.1, -0.05) is 69.2 Å². The highest BCUT2D eigenvalue weighted by atomic mass is 28.4. The Balaban J connectivity index is 1.77. The van der Waals surface area contributed by atoms with E-state index in [-0.39, 0.29) is 57.7 Å². The number of amides is 2. The van der Waals surface area contributed by atoms with Gasteiger partial charge >= 0.3 is 8.56 Å². The lowest BCUT2D eigenvalue weighted by Gasteiger charge is -2.53. The van der Waals surface area contributed by atoms with E-state index in [1.165, 1.54) is 0 Å². The highest BCUT2D eigenvalue weighted by molar-refractivity contribution is 6.73. The van der Waals surface area contributed by atoms with Crippen LogP contribution in [-0.2, 0) is 27.9 Å². The molecule has 2 amide bonds. The maximum Gasteiger partial charge on any atom is 0.349 e. The van der Waals surface area contributed by atoms with E-state index in [4.69, 9.17) is 18.3 Å². The van der Waals surface area contributed by atoms with E-state index in [2.05, 4.69) is 67.1 Å². The smallest absolute Gasteiger partial charge is 0.349 e. The van der Waals surface area contributed by atoms with Gasteiger partial charge in [0.25, 0.3) is 0 Å². The van der Waals surface area contributed by atoms with Gasteiger partial charge in [0.15, 0.2) is 23.2 Å². The average Bonchev–Trinajstić information content (AvgIpc) is 3.42. The number of carbonyl (C=O) groups excluding carboxylic acids is 2. The Hall–Kier alpha value is -2.45. The Morgan fingerprint density at radius 2 is 1.62 bits per heavy atom. The number of rotatable bonds is 6. The zero-order chi connectivity index (χ0) is 29.8. The Labute approximate surface area is 237 Å². The second-order valence-corrected chi connectivity index (χ2v) is 18.0. The van der Waals surface area contributed by atoms with Gasteiger partial charge in [0.05, 0.1) is 12.9 Å². The van der Waals surface area contributed by atoms with Crippen LogP contribution in [-0.4, -0.2) is 71.9 Å². The fourth-order valence-electron chi connectivity index (χ4n) is 5.56. The Morgan fingerprint density at radius 3 is 2.17 bits per heavy atom. The zero-order valence-electron chi connectivity index (χ0n) is 25.5. The SMILES string of the molecule is CO[C@H]1C(n2cnc3c(NC(=O)C(C)C)nc(NC(=O)C(C)C)nc32)O[C@@H]2CO[Si](C(C)(C)C)(C(C)(C)C)O[C@H]21. The number of hydrogen-bond acceptors (Lipinski definition) is 9. The van der Waals surface area contributed by atoms with Crippen LogP contribution in [0, 0.1) is 11.8 Å². The van der Waals surface area contributed by atoms with Gasteiger partial charge < -0.3 is 23.6 Å². The predicted molar refractivity (Wildman–Crippen MR) is 153 cm³/mol. The lowest BCUT2D eigenvalue weighted by atomic mass is 10.1. The minimum atomic E-state index is -2.78. The first kappa shape index (κ1) is 30.5. The summed E-state index contributed by atoms with van der Waals surface area (Å²) in [6.07, 6.45) is -0.269. The van der Waals surface area contributed by atoms with E-state index >= 15 is 0 Å². The molecule has 2 fully saturated rings. The highest BCUT2D eigenvalue weighted by Gasteiger charge is 2.65. The molecule has 222 valence electrons. The molecule has 2 N–H and O–H groups in total. The third kappa shape index (κ3) is 5.29. The molecular formula is C27H44N6O6Si. The van der Waals surface area contributed by atoms with Crippen molar-refractivity contribution in [1.29, 1.82) is 0 Å². The molecular weight excluding hydrogens is 532 g/mol. The summed E-state index contributed by atoms with van der Waals surface area (Å²) in [4.78, 5) is 38.6. The Bertz CT molecular complexity index is 1250. The number of nitrogens with one attached hydrogen (secondary N) is 2. The molecule has 0 aliphatic carbocycles. The molecule has 4 atom stereocenters. The largest absolute Gasteiger partial charge is 0.391 e. The summed E-state index contributed by atoms with van der Waals surface area (Å²) in [5.41, 5.74) is 0.755. The molecule has 0 spiro atoms. The van der Waals surface area contributed by atoms with E-state index in [1.807, 2.05) is 0 Å². The van der Waals surface area contributed by atoms with Crippen LogP contribution in [0.15, 0.2) is 6.33 Å². The van der Waals surface area contributed by atoms with Crippen LogP contribution in [0.5, 0.6) is 0 Å². The van der Waals surface area contributed by atoms with Gasteiger partial charge in [-0.15, -0.1) is 0 Å². The lowest BCUT2D eigenvalue weighted by Crippen LogP contribution is -2.65. The monoisotopic (exact) mass is 576 g/mol. The third-order valence-electron chi connectivity index (χ3n) is 7.51. The van der Waals surface area contributed by atoms with Crippen LogP contribution in [0.4, 0.5) is 11.8 Å². The summed E-state index contributed by atoms with van der Waals surface area (Å²) in [5.74, 6) is -0.790. The summed E-state index contributed by atoms with van der Waals surface area (Å²) in [5, 5.41) is 5.16. The minimum Gasteiger partial charge on any atom is -0.391 e. The lowest BCUT2D eigenvalue weighted by molar-refractivity contribution is -0.119. The van der Waals surface area contributed by atoms with E-state index in [0.29, 0.717) is 17.8 Å². The topological polar surface area (TPSA) is 139 Å². The van der Waals surface area contributed by atoms with Crippen molar-refractivity contribution >= 4 is 43.3 Å². The molecule has 2 aliphatic heterocycles. The highest BCUT2D eigenvalue weighted by Crippen LogP contribution is 2.56. The molecule has 0 radical (unpaired) electrons. The molecule has 2 aromatic rings. The minimum absolute atomic E-state index is 0.0582. The van der Waals surface area contributed by atoms with Gasteiger partial charge in [-0.25, -0.2) is 4.98 Å². The van der Waals surface area contributed by atoms with Gasteiger partial charge in [-0.3, -0.25) is 19.5 Å². The number of imidazole rings is 1. The van der Waals surface area contributed by atoms with E-state index < -0.39 is 20.9 Å². The van der Waals surface area contributed by atoms with Crippen LogP contribution < -0.4 is 10.6 Å². The van der Waals surface area contributed by atoms with Crippen LogP contribution >= 0.6 is 0 Å². The molecule has 13 heteroatoms. The van der Waals surface area contributed by atoms with Crippen molar-refractivity contribution in [3.05, 3.63) is 6.33 Å². The number of hydrogen-bond donors (Lipinski definition) is 2. The van der Waals surface area contributed by atoms with Crippen LogP contribution in [0.1, 0.15) is 75.5 Å². The molecule has 4 rings (SSSR count). The summed E-state index contributed by atoms with van der Waals surface area (Å²) in [6, 6.07) is 0. The third-order valence-corrected chi connectivity index (χ3v) is 12.6. The van der Waals surface area contributed by atoms with Crippen molar-refractivity contribution in [2.45, 2.75) is 104 Å².